The molecule has 2 N–H and O–H groups in total. The highest BCUT2D eigenvalue weighted by molar-refractivity contribution is 6.50. The van der Waals surface area contributed by atoms with E-state index in [4.69, 9.17) is 0 Å². The number of nitrogens with one attached hydrogen (secondary N) is 2. The van der Waals surface area contributed by atoms with Crippen molar-refractivity contribution < 1.29 is 22.3 Å². The molecule has 0 unspecified atom stereocenters. The van der Waals surface area contributed by atoms with E-state index in [0.717, 1.165) is 0 Å². The standard InChI is InChI=1S/C23H28N2.BF4/c1-14-10-16(3)20(17(4)11-14)22-23(25-9-7-8-24-22)21-18(5)12-15(2)13-19(21)6;2-1(3,4)5/h7-13,22-24H,1-6H3;/q;-1/p+1/t22-,23+;/m1./s1. The zero-order chi connectivity index (χ0) is 22.6. The largest absolute Gasteiger partial charge is 0.673 e. The molecule has 0 amide bonds. The number of benzene rings is 2. The summed E-state index contributed by atoms with van der Waals surface area (Å²) in [5.41, 5.74) is 10.8. The van der Waals surface area contributed by atoms with Gasteiger partial charge in [0.15, 0.2) is 6.21 Å². The summed E-state index contributed by atoms with van der Waals surface area (Å²) >= 11 is 0. The Labute approximate surface area is 176 Å². The highest BCUT2D eigenvalue weighted by atomic mass is 19.5. The lowest BCUT2D eigenvalue weighted by Crippen LogP contribution is -2.72. The Hall–Kier alpha value is -2.57. The van der Waals surface area contributed by atoms with Crippen molar-refractivity contribution in [3.63, 3.8) is 0 Å². The van der Waals surface area contributed by atoms with Crippen LogP contribution in [0.1, 0.15) is 56.6 Å². The molecule has 30 heavy (non-hydrogen) atoms. The molecule has 2 atom stereocenters. The van der Waals surface area contributed by atoms with Gasteiger partial charge in [0.25, 0.3) is 0 Å². The minimum Gasteiger partial charge on any atom is -0.418 e. The normalized spacial score (nSPS) is 18.3. The number of halogens is 4. The fourth-order valence-corrected chi connectivity index (χ4v) is 4.42. The molecule has 1 heterocycles. The molecule has 0 bridgehead atoms. The first-order chi connectivity index (χ1) is 13.9. The van der Waals surface area contributed by atoms with Crippen LogP contribution >= 0.6 is 0 Å². The molecule has 0 saturated carbocycles. The smallest absolute Gasteiger partial charge is 0.418 e. The van der Waals surface area contributed by atoms with Gasteiger partial charge in [-0.25, -0.2) is 4.99 Å². The van der Waals surface area contributed by atoms with Crippen LogP contribution in [0.15, 0.2) is 36.5 Å². The second-order valence-corrected chi connectivity index (χ2v) is 7.93. The lowest BCUT2D eigenvalue weighted by Gasteiger charge is -2.26. The first-order valence-corrected chi connectivity index (χ1v) is 9.91. The first kappa shape index (κ1) is 23.7. The second-order valence-electron chi connectivity index (χ2n) is 7.93. The van der Waals surface area contributed by atoms with Crippen LogP contribution in [-0.2, 0) is 0 Å². The van der Waals surface area contributed by atoms with E-state index < -0.39 is 7.25 Å². The van der Waals surface area contributed by atoms with Gasteiger partial charge in [0.2, 0.25) is 6.04 Å². The fraction of sp³-hybridized carbons (Fsp3) is 0.348. The monoisotopic (exact) mass is 420 g/mol. The number of hydrogen-bond donors (Lipinski definition) is 2. The summed E-state index contributed by atoms with van der Waals surface area (Å²) < 4.78 is 39.0. The Balaban J connectivity index is 0.000000575. The SMILES string of the molecule is Cc1cc(C)c([C@H]2NC=CC=[NH+][C@H]2c2c(C)cc(C)cc2C)c(C)c1.F[B-](F)(F)F. The summed E-state index contributed by atoms with van der Waals surface area (Å²) in [5, 5.41) is 3.64. The average Bonchev–Trinajstić information content (AvgIpc) is 2.78. The topological polar surface area (TPSA) is 26.0 Å². The van der Waals surface area contributed by atoms with Crippen LogP contribution in [0.5, 0.6) is 0 Å². The third-order valence-corrected chi connectivity index (χ3v) is 5.18. The predicted octanol–water partition coefficient (Wildman–Crippen LogP) is 4.89. The highest BCUT2D eigenvalue weighted by Crippen LogP contribution is 2.34. The Morgan fingerprint density at radius 2 is 1.13 bits per heavy atom. The molecule has 2 aromatic carbocycles. The van der Waals surface area contributed by atoms with Crippen LogP contribution < -0.4 is 10.3 Å². The van der Waals surface area contributed by atoms with Gasteiger partial charge < -0.3 is 22.6 Å². The number of aryl methyl sites for hydroxylation is 6. The van der Waals surface area contributed by atoms with Gasteiger partial charge in [-0.3, -0.25) is 0 Å². The van der Waals surface area contributed by atoms with Crippen LogP contribution in [0.3, 0.4) is 0 Å². The molecule has 1 aliphatic rings. The van der Waals surface area contributed by atoms with E-state index in [0.29, 0.717) is 0 Å². The third kappa shape index (κ3) is 6.21. The third-order valence-electron chi connectivity index (χ3n) is 5.18. The Bertz CT molecular complexity index is 912. The summed E-state index contributed by atoms with van der Waals surface area (Å²) in [6, 6.07) is 9.52. The molecule has 162 valence electrons. The Morgan fingerprint density at radius 3 is 1.57 bits per heavy atom. The van der Waals surface area contributed by atoms with Gasteiger partial charge >= 0.3 is 7.25 Å². The van der Waals surface area contributed by atoms with Crippen molar-refractivity contribution in [1.29, 1.82) is 0 Å². The van der Waals surface area contributed by atoms with Crippen molar-refractivity contribution >= 4 is 13.5 Å². The minimum atomic E-state index is -6.00. The van der Waals surface area contributed by atoms with Gasteiger partial charge in [-0.1, -0.05) is 35.4 Å². The quantitative estimate of drug-likeness (QED) is 0.525. The molecule has 3 rings (SSSR count). The second kappa shape index (κ2) is 9.50. The van der Waals surface area contributed by atoms with Gasteiger partial charge in [-0.2, -0.15) is 0 Å². The summed E-state index contributed by atoms with van der Waals surface area (Å²) in [5.74, 6) is 0. The molecule has 0 fully saturated rings. The maximum Gasteiger partial charge on any atom is 0.673 e. The Kier molecular flexibility index (Phi) is 7.51. The van der Waals surface area contributed by atoms with Gasteiger partial charge in [0.05, 0.1) is 0 Å². The molecular weight excluding hydrogens is 391 g/mol. The Morgan fingerprint density at radius 1 is 0.733 bits per heavy atom. The summed E-state index contributed by atoms with van der Waals surface area (Å²) in [4.78, 5) is 3.64. The van der Waals surface area contributed by atoms with E-state index in [1.165, 1.54) is 44.5 Å². The van der Waals surface area contributed by atoms with E-state index in [1.807, 2.05) is 6.08 Å². The lowest BCUT2D eigenvalue weighted by atomic mass is 9.84. The van der Waals surface area contributed by atoms with Crippen molar-refractivity contribution in [3.8, 4) is 0 Å². The number of allylic oxidation sites excluding steroid dienone is 1. The van der Waals surface area contributed by atoms with Crippen LogP contribution in [0.25, 0.3) is 0 Å². The zero-order valence-corrected chi connectivity index (χ0v) is 18.3. The maximum absolute atomic E-state index is 9.75. The predicted molar refractivity (Wildman–Crippen MR) is 116 cm³/mol. The van der Waals surface area contributed by atoms with Gasteiger partial charge in [0, 0.05) is 17.8 Å². The number of hydrogen-bond acceptors (Lipinski definition) is 1. The summed E-state index contributed by atoms with van der Waals surface area (Å²) in [7, 11) is -6.00. The summed E-state index contributed by atoms with van der Waals surface area (Å²) in [6.07, 6.45) is 6.15. The zero-order valence-electron chi connectivity index (χ0n) is 18.3. The molecule has 0 aromatic heterocycles. The maximum atomic E-state index is 9.75. The highest BCUT2D eigenvalue weighted by Gasteiger charge is 2.33. The van der Waals surface area contributed by atoms with E-state index in [2.05, 4.69) is 88.5 Å². The van der Waals surface area contributed by atoms with Crippen LogP contribution in [0.4, 0.5) is 17.3 Å². The first-order valence-electron chi connectivity index (χ1n) is 9.91. The summed E-state index contributed by atoms with van der Waals surface area (Å²) in [6.45, 7) is 13.2. The van der Waals surface area contributed by atoms with Gasteiger partial charge in [0.1, 0.15) is 6.04 Å². The van der Waals surface area contributed by atoms with Crippen molar-refractivity contribution in [2.75, 3.05) is 0 Å². The van der Waals surface area contributed by atoms with E-state index in [9.17, 15) is 17.3 Å². The average molecular weight is 420 g/mol. The van der Waals surface area contributed by atoms with Crippen molar-refractivity contribution in [2.45, 2.75) is 53.6 Å². The number of rotatable bonds is 2. The fourth-order valence-electron chi connectivity index (χ4n) is 4.42. The van der Waals surface area contributed by atoms with Gasteiger partial charge in [-0.15, -0.1) is 0 Å². The molecule has 2 aromatic rings. The molecule has 7 heteroatoms. The van der Waals surface area contributed by atoms with Crippen molar-refractivity contribution in [3.05, 3.63) is 81.0 Å². The molecule has 0 radical (unpaired) electrons. The molecule has 1 aliphatic heterocycles. The molecule has 0 spiro atoms. The van der Waals surface area contributed by atoms with Crippen molar-refractivity contribution in [1.82, 2.24) is 5.32 Å². The molecule has 0 aliphatic carbocycles. The molecular formula is C23H29BF4N2. The van der Waals surface area contributed by atoms with Gasteiger partial charge in [-0.05, 0) is 69.4 Å². The van der Waals surface area contributed by atoms with E-state index in [-0.39, 0.29) is 12.1 Å². The van der Waals surface area contributed by atoms with Crippen molar-refractivity contribution in [2.24, 2.45) is 0 Å². The van der Waals surface area contributed by atoms with Crippen LogP contribution in [0, 0.1) is 41.5 Å². The molecule has 0 saturated heterocycles. The van der Waals surface area contributed by atoms with E-state index >= 15 is 0 Å². The molecule has 2 nitrogen and oxygen atoms in total. The van der Waals surface area contributed by atoms with E-state index in [1.54, 1.807) is 0 Å². The van der Waals surface area contributed by atoms with Crippen LogP contribution in [0.2, 0.25) is 0 Å². The lowest BCUT2D eigenvalue weighted by molar-refractivity contribution is -0.510. The minimum absolute atomic E-state index is 0.190. The van der Waals surface area contributed by atoms with Crippen LogP contribution in [-0.4, -0.2) is 13.5 Å².